The van der Waals surface area contributed by atoms with E-state index < -0.39 is 0 Å². The van der Waals surface area contributed by atoms with Crippen molar-refractivity contribution in [3.05, 3.63) is 10.7 Å². The maximum Gasteiger partial charge on any atom is 0.225 e. The highest BCUT2D eigenvalue weighted by atomic mass is 79.9. The van der Waals surface area contributed by atoms with Crippen LogP contribution < -0.4 is 11.1 Å². The van der Waals surface area contributed by atoms with E-state index in [1.807, 2.05) is 0 Å². The van der Waals surface area contributed by atoms with Crippen molar-refractivity contribution in [1.29, 1.82) is 0 Å². The number of nitrogen functional groups attached to an aromatic ring is 1. The largest absolute Gasteiger partial charge is 0.383 e. The van der Waals surface area contributed by atoms with Crippen molar-refractivity contribution < 1.29 is 0 Å². The van der Waals surface area contributed by atoms with Gasteiger partial charge in [-0.1, -0.05) is 6.92 Å². The van der Waals surface area contributed by atoms with Crippen LogP contribution >= 0.6 is 15.9 Å². The van der Waals surface area contributed by atoms with Crippen LogP contribution in [0.2, 0.25) is 0 Å². The number of rotatable bonds is 5. The molecule has 0 atom stereocenters. The molecule has 0 amide bonds. The van der Waals surface area contributed by atoms with E-state index in [0.717, 1.165) is 19.6 Å². The molecule has 1 aromatic rings. The monoisotopic (exact) mass is 273 g/mol. The molecule has 1 heterocycles. The maximum absolute atomic E-state index is 5.59. The minimum atomic E-state index is 0.461. The average molecular weight is 274 g/mol. The summed E-state index contributed by atoms with van der Waals surface area (Å²) in [6.45, 7) is 4.91. The highest BCUT2D eigenvalue weighted by molar-refractivity contribution is 9.10. The van der Waals surface area contributed by atoms with Crippen LogP contribution in [0, 0.1) is 0 Å². The van der Waals surface area contributed by atoms with Crippen LogP contribution in [0.1, 0.15) is 6.92 Å². The van der Waals surface area contributed by atoms with Crippen LogP contribution in [0.15, 0.2) is 10.7 Å². The molecule has 0 spiro atoms. The van der Waals surface area contributed by atoms with Gasteiger partial charge >= 0.3 is 0 Å². The number of aromatic nitrogens is 2. The molecule has 0 aliphatic rings. The summed E-state index contributed by atoms with van der Waals surface area (Å²) in [5, 5.41) is 3.12. The van der Waals surface area contributed by atoms with Gasteiger partial charge in [0.2, 0.25) is 5.95 Å². The molecule has 0 saturated heterocycles. The lowest BCUT2D eigenvalue weighted by Crippen LogP contribution is -2.25. The average Bonchev–Trinajstić information content (AvgIpc) is 2.16. The first-order valence-corrected chi connectivity index (χ1v) is 5.63. The van der Waals surface area contributed by atoms with Gasteiger partial charge in [-0.2, -0.15) is 4.98 Å². The summed E-state index contributed by atoms with van der Waals surface area (Å²) in [6.07, 6.45) is 0. The van der Waals surface area contributed by atoms with Gasteiger partial charge in [0.25, 0.3) is 0 Å². The molecule has 1 rings (SSSR count). The quantitative estimate of drug-likeness (QED) is 0.789. The number of nitrogens with two attached hydrogens (primary N) is 1. The van der Waals surface area contributed by atoms with Crippen molar-refractivity contribution in [2.24, 2.45) is 0 Å². The van der Waals surface area contributed by atoms with Gasteiger partial charge < -0.3 is 16.0 Å². The Morgan fingerprint density at radius 3 is 2.87 bits per heavy atom. The van der Waals surface area contributed by atoms with E-state index in [9.17, 15) is 0 Å². The molecule has 3 N–H and O–H groups in total. The molecular weight excluding hydrogens is 258 g/mol. The summed E-state index contributed by atoms with van der Waals surface area (Å²) in [5.74, 6) is 1.02. The van der Waals surface area contributed by atoms with Gasteiger partial charge in [0.05, 0.1) is 0 Å². The highest BCUT2D eigenvalue weighted by Crippen LogP contribution is 2.11. The van der Waals surface area contributed by atoms with E-state index in [1.165, 1.54) is 0 Å². The van der Waals surface area contributed by atoms with Crippen molar-refractivity contribution in [3.8, 4) is 0 Å². The fourth-order valence-electron chi connectivity index (χ4n) is 1.03. The van der Waals surface area contributed by atoms with E-state index in [0.29, 0.717) is 16.4 Å². The number of nitrogens with zero attached hydrogens (tertiary/aromatic N) is 3. The van der Waals surface area contributed by atoms with Crippen LogP contribution in [-0.2, 0) is 0 Å². The van der Waals surface area contributed by atoms with Crippen LogP contribution in [0.4, 0.5) is 11.8 Å². The SMILES string of the molecule is CCN(C)CCNc1nc(N)cc(Br)n1. The zero-order valence-corrected chi connectivity index (χ0v) is 10.6. The van der Waals surface area contributed by atoms with E-state index in [2.05, 4.69) is 50.1 Å². The molecular formula is C9H16BrN5. The summed E-state index contributed by atoms with van der Waals surface area (Å²) < 4.78 is 0.696. The van der Waals surface area contributed by atoms with E-state index in [4.69, 9.17) is 5.73 Å². The number of hydrogen-bond donors (Lipinski definition) is 2. The maximum atomic E-state index is 5.59. The Balaban J connectivity index is 2.43. The first-order chi connectivity index (χ1) is 7.11. The summed E-state index contributed by atoms with van der Waals surface area (Å²) in [4.78, 5) is 10.4. The Bertz CT molecular complexity index is 297. The fraction of sp³-hybridized carbons (Fsp3) is 0.556. The number of hydrogen-bond acceptors (Lipinski definition) is 5. The molecule has 0 aromatic carbocycles. The van der Waals surface area contributed by atoms with E-state index in [-0.39, 0.29) is 0 Å². The van der Waals surface area contributed by atoms with E-state index in [1.54, 1.807) is 6.07 Å². The number of nitrogens with one attached hydrogen (secondary N) is 1. The predicted octanol–water partition coefficient (Wildman–Crippen LogP) is 1.18. The van der Waals surface area contributed by atoms with Gasteiger partial charge in [-0.25, -0.2) is 4.98 Å². The Morgan fingerprint density at radius 2 is 2.27 bits per heavy atom. The number of anilines is 2. The van der Waals surface area contributed by atoms with Crippen LogP contribution in [0.25, 0.3) is 0 Å². The van der Waals surface area contributed by atoms with Crippen molar-refractivity contribution in [2.45, 2.75) is 6.92 Å². The Hall–Kier alpha value is -0.880. The minimum absolute atomic E-state index is 0.461. The standard InChI is InChI=1S/C9H16BrN5/c1-3-15(2)5-4-12-9-13-7(10)6-8(11)14-9/h6H,3-5H2,1-2H3,(H3,11,12,13,14). The zero-order chi connectivity index (χ0) is 11.3. The Labute approximate surface area is 98.2 Å². The first-order valence-electron chi connectivity index (χ1n) is 4.84. The molecule has 0 saturated carbocycles. The second-order valence-electron chi connectivity index (χ2n) is 3.26. The molecule has 0 bridgehead atoms. The number of likely N-dealkylation sites (N-methyl/N-ethyl adjacent to an activating group) is 1. The van der Waals surface area contributed by atoms with Gasteiger partial charge in [-0.15, -0.1) is 0 Å². The summed E-state index contributed by atoms with van der Waals surface area (Å²) >= 11 is 3.27. The van der Waals surface area contributed by atoms with Crippen LogP contribution in [-0.4, -0.2) is 41.5 Å². The third-order valence-electron chi connectivity index (χ3n) is 2.03. The normalized spacial score (nSPS) is 10.7. The lowest BCUT2D eigenvalue weighted by atomic mass is 10.5. The second-order valence-corrected chi connectivity index (χ2v) is 4.07. The van der Waals surface area contributed by atoms with Gasteiger partial charge in [0.15, 0.2) is 0 Å². The third kappa shape index (κ3) is 4.44. The van der Waals surface area contributed by atoms with Crippen molar-refractivity contribution in [2.75, 3.05) is 37.7 Å². The van der Waals surface area contributed by atoms with Crippen molar-refractivity contribution in [3.63, 3.8) is 0 Å². The number of halogens is 1. The molecule has 15 heavy (non-hydrogen) atoms. The van der Waals surface area contributed by atoms with Crippen LogP contribution in [0.3, 0.4) is 0 Å². The summed E-state index contributed by atoms with van der Waals surface area (Å²) in [5.41, 5.74) is 5.59. The fourth-order valence-corrected chi connectivity index (χ4v) is 1.43. The van der Waals surface area contributed by atoms with Gasteiger partial charge in [-0.3, -0.25) is 0 Å². The Kier molecular flexibility index (Phi) is 4.77. The van der Waals surface area contributed by atoms with Gasteiger partial charge in [0.1, 0.15) is 10.4 Å². The lowest BCUT2D eigenvalue weighted by molar-refractivity contribution is 0.367. The molecule has 1 aromatic heterocycles. The van der Waals surface area contributed by atoms with Gasteiger partial charge in [-0.05, 0) is 29.5 Å². The summed E-state index contributed by atoms with van der Waals surface area (Å²) in [7, 11) is 2.07. The first kappa shape index (κ1) is 12.2. The smallest absolute Gasteiger partial charge is 0.225 e. The topological polar surface area (TPSA) is 67.1 Å². The molecule has 0 fully saturated rings. The molecule has 5 nitrogen and oxygen atoms in total. The van der Waals surface area contributed by atoms with E-state index >= 15 is 0 Å². The molecule has 0 radical (unpaired) electrons. The molecule has 0 unspecified atom stereocenters. The highest BCUT2D eigenvalue weighted by Gasteiger charge is 2.00. The van der Waals surface area contributed by atoms with Crippen LogP contribution in [0.5, 0.6) is 0 Å². The van der Waals surface area contributed by atoms with Gasteiger partial charge in [0, 0.05) is 19.2 Å². The third-order valence-corrected chi connectivity index (χ3v) is 2.44. The molecule has 84 valence electrons. The predicted molar refractivity (Wildman–Crippen MR) is 65.8 cm³/mol. The molecule has 0 aliphatic carbocycles. The molecule has 6 heteroatoms. The lowest BCUT2D eigenvalue weighted by Gasteiger charge is -2.13. The Morgan fingerprint density at radius 1 is 1.53 bits per heavy atom. The van der Waals surface area contributed by atoms with Crippen molar-refractivity contribution >= 4 is 27.7 Å². The minimum Gasteiger partial charge on any atom is -0.383 e. The zero-order valence-electron chi connectivity index (χ0n) is 9.00. The van der Waals surface area contributed by atoms with Crippen molar-refractivity contribution in [1.82, 2.24) is 14.9 Å². The molecule has 0 aliphatic heterocycles. The summed E-state index contributed by atoms with van der Waals surface area (Å²) in [6, 6.07) is 1.67. The second kappa shape index (κ2) is 5.87.